The number of hydrogen-bond donors (Lipinski definition) is 0. The number of rotatable bonds is 4. The van der Waals surface area contributed by atoms with Crippen molar-refractivity contribution in [1.29, 1.82) is 0 Å². The van der Waals surface area contributed by atoms with Gasteiger partial charge in [0.25, 0.3) is 0 Å². The topological polar surface area (TPSA) is 33.5 Å². The molecule has 0 amide bonds. The second-order valence-electron chi connectivity index (χ2n) is 7.77. The minimum Gasteiger partial charge on any atom is -0.423 e. The van der Waals surface area contributed by atoms with E-state index in [-0.39, 0.29) is 5.63 Å². The Morgan fingerprint density at radius 3 is 2.50 bits per heavy atom. The van der Waals surface area contributed by atoms with Gasteiger partial charge in [0.1, 0.15) is 5.58 Å². The van der Waals surface area contributed by atoms with Gasteiger partial charge in [0.05, 0.1) is 0 Å². The van der Waals surface area contributed by atoms with Crippen LogP contribution in [0.2, 0.25) is 0 Å². The van der Waals surface area contributed by atoms with Crippen molar-refractivity contribution in [2.45, 2.75) is 77.4 Å². The summed E-state index contributed by atoms with van der Waals surface area (Å²) in [5, 5.41) is 1.14. The number of hydrogen-bond acceptors (Lipinski definition) is 3. The Morgan fingerprint density at radius 2 is 1.79 bits per heavy atom. The summed E-state index contributed by atoms with van der Waals surface area (Å²) in [6.45, 7) is 5.39. The maximum absolute atomic E-state index is 12.1. The molecule has 3 nitrogen and oxygen atoms in total. The second kappa shape index (κ2) is 6.36. The fourth-order valence-corrected chi connectivity index (χ4v) is 4.59. The summed E-state index contributed by atoms with van der Waals surface area (Å²) < 4.78 is 5.52. The second-order valence-corrected chi connectivity index (χ2v) is 7.77. The van der Waals surface area contributed by atoms with E-state index in [0.717, 1.165) is 35.9 Å². The van der Waals surface area contributed by atoms with Crippen LogP contribution in [-0.2, 0) is 19.4 Å². The van der Waals surface area contributed by atoms with Crippen LogP contribution in [0.1, 0.15) is 62.6 Å². The lowest BCUT2D eigenvalue weighted by molar-refractivity contribution is 0.146. The maximum atomic E-state index is 12.1. The summed E-state index contributed by atoms with van der Waals surface area (Å²) in [4.78, 5) is 14.7. The lowest BCUT2D eigenvalue weighted by atomic mass is 10.0. The summed E-state index contributed by atoms with van der Waals surface area (Å²) >= 11 is 0. The molecule has 0 aliphatic heterocycles. The Morgan fingerprint density at radius 1 is 1.08 bits per heavy atom. The molecule has 2 aliphatic carbocycles. The first kappa shape index (κ1) is 15.9. The van der Waals surface area contributed by atoms with E-state index in [4.69, 9.17) is 4.42 Å². The summed E-state index contributed by atoms with van der Waals surface area (Å²) in [7, 11) is 0. The normalized spacial score (nSPS) is 18.2. The number of aryl methyl sites for hydroxylation is 2. The Bertz CT molecular complexity index is 799. The molecular formula is C21H27NO2. The Kier molecular flexibility index (Phi) is 4.21. The van der Waals surface area contributed by atoms with Gasteiger partial charge in [-0.15, -0.1) is 0 Å². The smallest absolute Gasteiger partial charge is 0.336 e. The Labute approximate surface area is 143 Å². The molecule has 0 saturated heterocycles. The van der Waals surface area contributed by atoms with Crippen LogP contribution in [0.3, 0.4) is 0 Å². The van der Waals surface area contributed by atoms with Crippen LogP contribution in [0.25, 0.3) is 11.0 Å². The van der Waals surface area contributed by atoms with Crippen LogP contribution in [-0.4, -0.2) is 17.0 Å². The molecule has 1 saturated carbocycles. The van der Waals surface area contributed by atoms with Crippen LogP contribution in [0.15, 0.2) is 27.4 Å². The molecule has 0 unspecified atom stereocenters. The van der Waals surface area contributed by atoms with Crippen LogP contribution in [0.4, 0.5) is 0 Å². The van der Waals surface area contributed by atoms with Gasteiger partial charge >= 0.3 is 5.63 Å². The first-order valence-corrected chi connectivity index (χ1v) is 9.46. The van der Waals surface area contributed by atoms with Gasteiger partial charge in [0.15, 0.2) is 0 Å². The molecule has 1 aromatic heterocycles. The first-order chi connectivity index (χ1) is 11.6. The van der Waals surface area contributed by atoms with E-state index in [9.17, 15) is 4.79 Å². The van der Waals surface area contributed by atoms with Crippen molar-refractivity contribution in [1.82, 2.24) is 4.90 Å². The first-order valence-electron chi connectivity index (χ1n) is 9.46. The van der Waals surface area contributed by atoms with E-state index in [1.54, 1.807) is 6.07 Å². The SMILES string of the molecule is CC(C)N(Cc1cc(=O)oc2cc3c(cc12)CCC3)C1CCCC1. The molecule has 1 aromatic carbocycles. The molecule has 4 rings (SSSR count). The number of benzene rings is 1. The highest BCUT2D eigenvalue weighted by atomic mass is 16.4. The zero-order chi connectivity index (χ0) is 16.7. The minimum absolute atomic E-state index is 0.217. The highest BCUT2D eigenvalue weighted by Crippen LogP contribution is 2.31. The fraction of sp³-hybridized carbons (Fsp3) is 0.571. The molecule has 2 aromatic rings. The molecule has 3 heteroatoms. The van der Waals surface area contributed by atoms with Crippen molar-refractivity contribution in [2.75, 3.05) is 0 Å². The van der Waals surface area contributed by atoms with Gasteiger partial charge in [-0.3, -0.25) is 4.90 Å². The van der Waals surface area contributed by atoms with Crippen LogP contribution in [0, 0.1) is 0 Å². The molecule has 1 fully saturated rings. The molecule has 0 radical (unpaired) electrons. The third kappa shape index (κ3) is 2.90. The van der Waals surface area contributed by atoms with E-state index < -0.39 is 0 Å². The van der Waals surface area contributed by atoms with Crippen molar-refractivity contribution < 1.29 is 4.42 Å². The third-order valence-electron chi connectivity index (χ3n) is 5.85. The highest BCUT2D eigenvalue weighted by Gasteiger charge is 2.26. The zero-order valence-corrected chi connectivity index (χ0v) is 14.8. The van der Waals surface area contributed by atoms with E-state index >= 15 is 0 Å². The van der Waals surface area contributed by atoms with Gasteiger partial charge in [0, 0.05) is 30.1 Å². The Balaban J connectivity index is 1.76. The molecule has 0 N–H and O–H groups in total. The summed E-state index contributed by atoms with van der Waals surface area (Å²) in [6, 6.07) is 7.25. The van der Waals surface area contributed by atoms with Gasteiger partial charge in [-0.2, -0.15) is 0 Å². The molecule has 1 heterocycles. The van der Waals surface area contributed by atoms with E-state index in [2.05, 4.69) is 30.9 Å². The van der Waals surface area contributed by atoms with Crippen LogP contribution >= 0.6 is 0 Å². The molecule has 128 valence electrons. The predicted octanol–water partition coefficient (Wildman–Crippen LogP) is 4.43. The lowest BCUT2D eigenvalue weighted by Crippen LogP contribution is -2.38. The average Bonchev–Trinajstić information content (AvgIpc) is 3.21. The molecular weight excluding hydrogens is 298 g/mol. The standard InChI is InChI=1S/C21H27NO2/c1-14(2)22(18-8-3-4-9-18)13-17-12-21(23)24-20-11-16-7-5-6-15(16)10-19(17)20/h10-12,14,18H,3-9,13H2,1-2H3. The van der Waals surface area contributed by atoms with Crippen LogP contribution in [0.5, 0.6) is 0 Å². The van der Waals surface area contributed by atoms with Crippen molar-refractivity contribution in [3.8, 4) is 0 Å². The average molecular weight is 325 g/mol. The highest BCUT2D eigenvalue weighted by molar-refractivity contribution is 5.82. The number of fused-ring (bicyclic) bond motifs is 2. The van der Waals surface area contributed by atoms with E-state index in [0.29, 0.717) is 12.1 Å². The number of nitrogens with zero attached hydrogens (tertiary/aromatic N) is 1. The summed E-state index contributed by atoms with van der Waals surface area (Å²) in [5.74, 6) is 0. The summed E-state index contributed by atoms with van der Waals surface area (Å²) in [6.07, 6.45) is 8.71. The predicted molar refractivity (Wildman–Crippen MR) is 97.4 cm³/mol. The van der Waals surface area contributed by atoms with Crippen molar-refractivity contribution >= 4 is 11.0 Å². The van der Waals surface area contributed by atoms with Gasteiger partial charge in [0.2, 0.25) is 0 Å². The largest absolute Gasteiger partial charge is 0.423 e. The van der Waals surface area contributed by atoms with E-state index in [1.165, 1.54) is 43.2 Å². The summed E-state index contributed by atoms with van der Waals surface area (Å²) in [5.41, 5.74) is 4.49. The van der Waals surface area contributed by atoms with Gasteiger partial charge < -0.3 is 4.42 Å². The lowest BCUT2D eigenvalue weighted by Gasteiger charge is -2.32. The third-order valence-corrected chi connectivity index (χ3v) is 5.85. The fourth-order valence-electron chi connectivity index (χ4n) is 4.59. The molecule has 0 atom stereocenters. The quantitative estimate of drug-likeness (QED) is 0.780. The monoisotopic (exact) mass is 325 g/mol. The molecule has 0 spiro atoms. The Hall–Kier alpha value is -1.61. The molecule has 24 heavy (non-hydrogen) atoms. The van der Waals surface area contributed by atoms with Crippen LogP contribution < -0.4 is 5.63 Å². The zero-order valence-electron chi connectivity index (χ0n) is 14.8. The van der Waals surface area contributed by atoms with Crippen molar-refractivity contribution in [3.63, 3.8) is 0 Å². The molecule has 2 aliphatic rings. The minimum atomic E-state index is -0.217. The maximum Gasteiger partial charge on any atom is 0.336 e. The van der Waals surface area contributed by atoms with Gasteiger partial charge in [-0.25, -0.2) is 4.79 Å². The van der Waals surface area contributed by atoms with E-state index in [1.807, 2.05) is 0 Å². The van der Waals surface area contributed by atoms with Crippen molar-refractivity contribution in [2.24, 2.45) is 0 Å². The van der Waals surface area contributed by atoms with Crippen molar-refractivity contribution in [3.05, 3.63) is 45.3 Å². The van der Waals surface area contributed by atoms with Gasteiger partial charge in [-0.05, 0) is 74.8 Å². The molecule has 0 bridgehead atoms. The van der Waals surface area contributed by atoms with Gasteiger partial charge in [-0.1, -0.05) is 12.8 Å².